The second-order valence-electron chi connectivity index (χ2n) is 6.35. The molecule has 25 heavy (non-hydrogen) atoms. The smallest absolute Gasteiger partial charge is 0.253 e. The van der Waals surface area contributed by atoms with Crippen LogP contribution >= 0.6 is 0 Å². The van der Waals surface area contributed by atoms with E-state index in [4.69, 9.17) is 4.74 Å². The molecule has 0 saturated heterocycles. The first-order valence-electron chi connectivity index (χ1n) is 8.05. The highest BCUT2D eigenvalue weighted by Gasteiger charge is 2.31. The van der Waals surface area contributed by atoms with E-state index >= 15 is 0 Å². The number of carbonyl (C=O) groups is 1. The van der Waals surface area contributed by atoms with Crippen molar-refractivity contribution in [3.63, 3.8) is 0 Å². The molecule has 2 rings (SSSR count). The van der Waals surface area contributed by atoms with Gasteiger partial charge in [0.25, 0.3) is 11.5 Å². The van der Waals surface area contributed by atoms with Gasteiger partial charge in [-0.25, -0.2) is 0 Å². The first-order chi connectivity index (χ1) is 11.7. The van der Waals surface area contributed by atoms with E-state index in [1.165, 1.54) is 17.6 Å². The summed E-state index contributed by atoms with van der Waals surface area (Å²) in [6.07, 6.45) is 0. The van der Waals surface area contributed by atoms with Crippen molar-refractivity contribution >= 4 is 5.91 Å². The molecule has 1 heterocycles. The van der Waals surface area contributed by atoms with Crippen LogP contribution in [-0.4, -0.2) is 28.3 Å². The summed E-state index contributed by atoms with van der Waals surface area (Å²) < 4.78 is 6.65. The summed E-state index contributed by atoms with van der Waals surface area (Å²) in [7, 11) is 1.59. The molecule has 0 aliphatic carbocycles. The fourth-order valence-electron chi connectivity index (χ4n) is 2.55. The molecule has 0 spiro atoms. The lowest BCUT2D eigenvalue weighted by atomic mass is 10.1. The van der Waals surface area contributed by atoms with Gasteiger partial charge in [0.15, 0.2) is 5.60 Å². The summed E-state index contributed by atoms with van der Waals surface area (Å²) >= 11 is 0. The second-order valence-corrected chi connectivity index (χ2v) is 6.35. The van der Waals surface area contributed by atoms with E-state index in [9.17, 15) is 14.7 Å². The lowest BCUT2D eigenvalue weighted by Gasteiger charge is -2.24. The fraction of sp³-hybridized carbons (Fsp3) is 0.368. The number of aliphatic hydroxyl groups is 1. The average Bonchev–Trinajstić information content (AvgIpc) is 2.57. The minimum Gasteiger partial charge on any atom is -0.496 e. The van der Waals surface area contributed by atoms with Crippen LogP contribution < -0.4 is 15.6 Å². The van der Waals surface area contributed by atoms with E-state index < -0.39 is 11.5 Å². The number of aromatic nitrogens is 1. The molecule has 0 fully saturated rings. The van der Waals surface area contributed by atoms with Crippen LogP contribution in [0.15, 0.2) is 41.2 Å². The zero-order valence-electron chi connectivity index (χ0n) is 15.0. The topological polar surface area (TPSA) is 80.6 Å². The number of methoxy groups -OCH3 is 1. The molecule has 6 nitrogen and oxygen atoms in total. The van der Waals surface area contributed by atoms with E-state index in [1.54, 1.807) is 26.2 Å². The SMILES string of the molecule is COc1cc(CNC(=O)[C@@](C)(O)Cn2c(C)cccc2=O)ccc1C. The lowest BCUT2D eigenvalue weighted by Crippen LogP contribution is -2.48. The van der Waals surface area contributed by atoms with Crippen molar-refractivity contribution in [3.8, 4) is 5.75 Å². The quantitative estimate of drug-likeness (QED) is 0.833. The number of pyridine rings is 1. The maximum Gasteiger partial charge on any atom is 0.253 e. The highest BCUT2D eigenvalue weighted by Crippen LogP contribution is 2.19. The summed E-state index contributed by atoms with van der Waals surface area (Å²) in [6, 6.07) is 10.4. The van der Waals surface area contributed by atoms with Crippen LogP contribution in [0.25, 0.3) is 0 Å². The van der Waals surface area contributed by atoms with Gasteiger partial charge in [-0.1, -0.05) is 18.2 Å². The molecular formula is C19H24N2O4. The molecule has 0 radical (unpaired) electrons. The summed E-state index contributed by atoms with van der Waals surface area (Å²) in [6.45, 7) is 5.24. The Morgan fingerprint density at radius 1 is 1.28 bits per heavy atom. The number of rotatable bonds is 6. The summed E-state index contributed by atoms with van der Waals surface area (Å²) in [5.41, 5.74) is 0.591. The van der Waals surface area contributed by atoms with Crippen molar-refractivity contribution in [1.29, 1.82) is 0 Å². The van der Waals surface area contributed by atoms with Gasteiger partial charge in [-0.05, 0) is 44.0 Å². The van der Waals surface area contributed by atoms with Crippen LogP contribution in [0.5, 0.6) is 5.75 Å². The Morgan fingerprint density at radius 2 is 2.00 bits per heavy atom. The highest BCUT2D eigenvalue weighted by atomic mass is 16.5. The third-order valence-electron chi connectivity index (χ3n) is 4.15. The summed E-state index contributed by atoms with van der Waals surface area (Å²) in [5, 5.41) is 13.2. The van der Waals surface area contributed by atoms with Gasteiger partial charge in [-0.3, -0.25) is 9.59 Å². The van der Waals surface area contributed by atoms with Crippen LogP contribution in [0.2, 0.25) is 0 Å². The predicted octanol–water partition coefficient (Wildman–Crippen LogP) is 1.54. The van der Waals surface area contributed by atoms with E-state index in [0.717, 1.165) is 16.9 Å². The highest BCUT2D eigenvalue weighted by molar-refractivity contribution is 5.84. The molecule has 0 saturated carbocycles. The number of amides is 1. The molecule has 1 atom stereocenters. The van der Waals surface area contributed by atoms with Crippen LogP contribution in [0.4, 0.5) is 0 Å². The average molecular weight is 344 g/mol. The minimum atomic E-state index is -1.70. The van der Waals surface area contributed by atoms with Gasteiger partial charge in [0, 0.05) is 18.3 Å². The summed E-state index contributed by atoms with van der Waals surface area (Å²) in [5.74, 6) is 0.201. The second kappa shape index (κ2) is 7.53. The van der Waals surface area contributed by atoms with E-state index in [2.05, 4.69) is 5.32 Å². The first kappa shape index (κ1) is 18.7. The fourth-order valence-corrected chi connectivity index (χ4v) is 2.55. The summed E-state index contributed by atoms with van der Waals surface area (Å²) in [4.78, 5) is 24.3. The van der Waals surface area contributed by atoms with Crippen molar-refractivity contribution < 1.29 is 14.6 Å². The zero-order chi connectivity index (χ0) is 18.6. The third-order valence-corrected chi connectivity index (χ3v) is 4.15. The lowest BCUT2D eigenvalue weighted by molar-refractivity contribution is -0.139. The van der Waals surface area contributed by atoms with Crippen LogP contribution in [0.1, 0.15) is 23.7 Å². The number of ether oxygens (including phenoxy) is 1. The van der Waals surface area contributed by atoms with Gasteiger partial charge in [-0.2, -0.15) is 0 Å². The Kier molecular flexibility index (Phi) is 5.64. The number of nitrogens with one attached hydrogen (secondary N) is 1. The molecule has 2 N–H and O–H groups in total. The van der Waals surface area contributed by atoms with Crippen LogP contribution in [-0.2, 0) is 17.9 Å². The number of aryl methyl sites for hydroxylation is 2. The standard InChI is InChI=1S/C19H24N2O4/c1-13-8-9-15(10-16(13)25-4)11-20-18(23)19(3,24)12-21-14(2)6-5-7-17(21)22/h5-10,24H,11-12H2,1-4H3,(H,20,23)/t19-/m0/s1. The van der Waals surface area contributed by atoms with Gasteiger partial charge in [0.05, 0.1) is 13.7 Å². The molecule has 6 heteroatoms. The van der Waals surface area contributed by atoms with Gasteiger partial charge >= 0.3 is 0 Å². The monoisotopic (exact) mass is 344 g/mol. The Labute approximate surface area is 147 Å². The predicted molar refractivity (Wildman–Crippen MR) is 95.6 cm³/mol. The molecule has 1 amide bonds. The Morgan fingerprint density at radius 3 is 2.64 bits per heavy atom. The van der Waals surface area contributed by atoms with Crippen LogP contribution in [0, 0.1) is 13.8 Å². The van der Waals surface area contributed by atoms with E-state index in [1.807, 2.05) is 25.1 Å². The molecule has 2 aromatic rings. The Balaban J connectivity index is 2.07. The number of hydrogen-bond donors (Lipinski definition) is 2. The molecule has 0 unspecified atom stereocenters. The molecule has 1 aromatic carbocycles. The largest absolute Gasteiger partial charge is 0.496 e. The molecule has 0 aliphatic rings. The van der Waals surface area contributed by atoms with Gasteiger partial charge < -0.3 is 19.7 Å². The zero-order valence-corrected chi connectivity index (χ0v) is 15.0. The molecule has 1 aromatic heterocycles. The third kappa shape index (κ3) is 4.48. The van der Waals surface area contributed by atoms with Crippen molar-refractivity contribution in [2.24, 2.45) is 0 Å². The number of hydrogen-bond acceptors (Lipinski definition) is 4. The molecule has 0 aliphatic heterocycles. The Hall–Kier alpha value is -2.60. The first-order valence-corrected chi connectivity index (χ1v) is 8.05. The normalized spacial score (nSPS) is 13.2. The van der Waals surface area contributed by atoms with Gasteiger partial charge in [0.2, 0.25) is 0 Å². The number of nitrogens with zero attached hydrogens (tertiary/aromatic N) is 1. The van der Waals surface area contributed by atoms with Crippen molar-refractivity contribution in [3.05, 3.63) is 63.6 Å². The van der Waals surface area contributed by atoms with Crippen molar-refractivity contribution in [1.82, 2.24) is 9.88 Å². The van der Waals surface area contributed by atoms with Gasteiger partial charge in [-0.15, -0.1) is 0 Å². The van der Waals surface area contributed by atoms with Crippen molar-refractivity contribution in [2.75, 3.05) is 7.11 Å². The van der Waals surface area contributed by atoms with E-state index in [-0.39, 0.29) is 18.6 Å². The van der Waals surface area contributed by atoms with E-state index in [0.29, 0.717) is 5.69 Å². The maximum absolute atomic E-state index is 12.4. The number of carbonyl (C=O) groups excluding carboxylic acids is 1. The van der Waals surface area contributed by atoms with Gasteiger partial charge in [0.1, 0.15) is 5.75 Å². The molecule has 0 bridgehead atoms. The number of benzene rings is 1. The van der Waals surface area contributed by atoms with Crippen molar-refractivity contribution in [2.45, 2.75) is 39.5 Å². The Bertz CT molecular complexity index is 824. The maximum atomic E-state index is 12.4. The minimum absolute atomic E-state index is 0.110. The van der Waals surface area contributed by atoms with Crippen LogP contribution in [0.3, 0.4) is 0 Å². The molecular weight excluding hydrogens is 320 g/mol. The molecule has 134 valence electrons.